The highest BCUT2D eigenvalue weighted by molar-refractivity contribution is 5.81. The summed E-state index contributed by atoms with van der Waals surface area (Å²) in [5.41, 5.74) is 5.38. The Bertz CT molecular complexity index is 504. The van der Waals surface area contributed by atoms with Crippen molar-refractivity contribution in [2.75, 3.05) is 26.2 Å². The van der Waals surface area contributed by atoms with Crippen LogP contribution in [0, 0.1) is 23.7 Å². The van der Waals surface area contributed by atoms with E-state index in [2.05, 4.69) is 17.1 Å². The zero-order chi connectivity index (χ0) is 15.3. The van der Waals surface area contributed by atoms with Crippen molar-refractivity contribution in [3.8, 4) is 0 Å². The van der Waals surface area contributed by atoms with E-state index in [-0.39, 0.29) is 17.7 Å². The molecule has 2 bridgehead atoms. The van der Waals surface area contributed by atoms with Gasteiger partial charge in [-0.25, -0.2) is 0 Å². The van der Waals surface area contributed by atoms with Crippen molar-refractivity contribution in [2.24, 2.45) is 29.4 Å². The number of fused-ring (bicyclic) bond motifs is 2. The number of hydrogen-bond donors (Lipinski definition) is 1. The second kappa shape index (κ2) is 5.37. The number of nitrogens with two attached hydrogens (primary N) is 1. The van der Waals surface area contributed by atoms with Crippen molar-refractivity contribution in [3.63, 3.8) is 0 Å². The Hall–Kier alpha value is -1.36. The largest absolute Gasteiger partial charge is 0.369 e. The number of nitrogens with zero attached hydrogens (tertiary/aromatic N) is 2. The molecule has 1 saturated carbocycles. The Morgan fingerprint density at radius 1 is 1.05 bits per heavy atom. The summed E-state index contributed by atoms with van der Waals surface area (Å²) >= 11 is 0. The number of piperidine rings is 1. The molecule has 0 spiro atoms. The first kappa shape index (κ1) is 14.2. The molecule has 0 aromatic rings. The Morgan fingerprint density at radius 3 is 2.32 bits per heavy atom. The van der Waals surface area contributed by atoms with Gasteiger partial charge in [-0.2, -0.15) is 0 Å². The molecular weight excluding hydrogens is 278 g/mol. The van der Waals surface area contributed by atoms with Gasteiger partial charge in [0.1, 0.15) is 0 Å². The molecule has 2 aliphatic carbocycles. The van der Waals surface area contributed by atoms with Crippen LogP contribution in [0.4, 0.5) is 0 Å². The fourth-order valence-electron chi connectivity index (χ4n) is 4.71. The van der Waals surface area contributed by atoms with Crippen molar-refractivity contribution >= 4 is 11.8 Å². The lowest BCUT2D eigenvalue weighted by atomic mass is 9.89. The summed E-state index contributed by atoms with van der Waals surface area (Å²) in [5.74, 6) is 1.67. The smallest absolute Gasteiger partial charge is 0.226 e. The summed E-state index contributed by atoms with van der Waals surface area (Å²) < 4.78 is 0. The first-order valence-corrected chi connectivity index (χ1v) is 8.62. The third kappa shape index (κ3) is 2.35. The Kier molecular flexibility index (Phi) is 3.48. The maximum Gasteiger partial charge on any atom is 0.226 e. The fraction of sp³-hybridized carbons (Fsp3) is 0.765. The van der Waals surface area contributed by atoms with Crippen LogP contribution in [0.1, 0.15) is 25.7 Å². The zero-order valence-electron chi connectivity index (χ0n) is 13.0. The standard InChI is InChI=1S/C17H25N3O2/c18-16(21)12-3-5-19(6-4-12)14-9-20(10-14)17(22)15-8-11-1-2-13(15)7-11/h1-2,11-15H,3-10H2,(H2,18,21). The van der Waals surface area contributed by atoms with Gasteiger partial charge in [-0.05, 0) is 50.6 Å². The van der Waals surface area contributed by atoms with Gasteiger partial charge in [-0.1, -0.05) is 12.2 Å². The van der Waals surface area contributed by atoms with Crippen LogP contribution in [0.2, 0.25) is 0 Å². The van der Waals surface area contributed by atoms with E-state index in [1.54, 1.807) is 0 Å². The number of primary amides is 1. The molecule has 120 valence electrons. The fourth-order valence-corrected chi connectivity index (χ4v) is 4.71. The molecule has 2 saturated heterocycles. The van der Waals surface area contributed by atoms with Crippen molar-refractivity contribution in [3.05, 3.63) is 12.2 Å². The summed E-state index contributed by atoms with van der Waals surface area (Å²) in [6.07, 6.45) is 8.53. The average molecular weight is 303 g/mol. The quantitative estimate of drug-likeness (QED) is 0.777. The van der Waals surface area contributed by atoms with E-state index in [4.69, 9.17) is 5.73 Å². The van der Waals surface area contributed by atoms with Gasteiger partial charge in [0.05, 0.1) is 0 Å². The van der Waals surface area contributed by atoms with E-state index in [0.717, 1.165) is 45.4 Å². The van der Waals surface area contributed by atoms with E-state index < -0.39 is 0 Å². The number of rotatable bonds is 3. The van der Waals surface area contributed by atoms with Crippen molar-refractivity contribution in [2.45, 2.75) is 31.7 Å². The third-order valence-electron chi connectivity index (χ3n) is 6.22. The maximum atomic E-state index is 12.6. The first-order valence-electron chi connectivity index (χ1n) is 8.62. The molecular formula is C17H25N3O2. The zero-order valence-corrected chi connectivity index (χ0v) is 13.0. The highest BCUT2D eigenvalue weighted by atomic mass is 16.2. The SMILES string of the molecule is NC(=O)C1CCN(C2CN(C(=O)C3CC4C=CC3C4)C2)CC1. The molecule has 0 aromatic heterocycles. The van der Waals surface area contributed by atoms with E-state index in [1.807, 2.05) is 4.90 Å². The number of carbonyl (C=O) groups is 2. The van der Waals surface area contributed by atoms with Crippen molar-refractivity contribution in [1.29, 1.82) is 0 Å². The van der Waals surface area contributed by atoms with Gasteiger partial charge in [0.15, 0.2) is 0 Å². The monoisotopic (exact) mass is 303 g/mol. The van der Waals surface area contributed by atoms with E-state index in [0.29, 0.717) is 23.8 Å². The third-order valence-corrected chi connectivity index (χ3v) is 6.22. The Balaban J connectivity index is 1.25. The normalized spacial score (nSPS) is 35.8. The van der Waals surface area contributed by atoms with Gasteiger partial charge in [-0.15, -0.1) is 0 Å². The molecule has 2 heterocycles. The van der Waals surface area contributed by atoms with E-state index >= 15 is 0 Å². The predicted octanol–water partition coefficient (Wildman–Crippen LogP) is 0.607. The summed E-state index contributed by atoms with van der Waals surface area (Å²) in [7, 11) is 0. The Labute approximate surface area is 131 Å². The van der Waals surface area contributed by atoms with Crippen LogP contribution in [-0.4, -0.2) is 53.8 Å². The molecule has 3 atom stereocenters. The Morgan fingerprint density at radius 2 is 1.77 bits per heavy atom. The van der Waals surface area contributed by atoms with Crippen LogP contribution in [0.5, 0.6) is 0 Å². The summed E-state index contributed by atoms with van der Waals surface area (Å²) in [6.45, 7) is 3.63. The molecule has 2 amide bonds. The summed E-state index contributed by atoms with van der Waals surface area (Å²) in [5, 5.41) is 0. The lowest BCUT2D eigenvalue weighted by molar-refractivity contribution is -0.144. The minimum atomic E-state index is -0.158. The second-order valence-electron chi connectivity index (χ2n) is 7.50. The molecule has 3 fully saturated rings. The second-order valence-corrected chi connectivity index (χ2v) is 7.50. The topological polar surface area (TPSA) is 66.6 Å². The molecule has 5 nitrogen and oxygen atoms in total. The van der Waals surface area contributed by atoms with Crippen LogP contribution < -0.4 is 5.73 Å². The van der Waals surface area contributed by atoms with E-state index in [1.165, 1.54) is 6.42 Å². The number of carbonyl (C=O) groups excluding carboxylic acids is 2. The van der Waals surface area contributed by atoms with Crippen LogP contribution in [-0.2, 0) is 9.59 Å². The van der Waals surface area contributed by atoms with E-state index in [9.17, 15) is 9.59 Å². The van der Waals surface area contributed by atoms with Gasteiger partial charge in [0, 0.05) is 31.0 Å². The molecule has 3 unspecified atom stereocenters. The minimum Gasteiger partial charge on any atom is -0.369 e. The lowest BCUT2D eigenvalue weighted by Crippen LogP contribution is -2.63. The molecule has 5 heteroatoms. The van der Waals surface area contributed by atoms with Gasteiger partial charge in [0.2, 0.25) is 11.8 Å². The van der Waals surface area contributed by atoms with Gasteiger partial charge >= 0.3 is 0 Å². The molecule has 22 heavy (non-hydrogen) atoms. The first-order chi connectivity index (χ1) is 10.6. The lowest BCUT2D eigenvalue weighted by Gasteiger charge is -2.48. The number of likely N-dealkylation sites (tertiary alicyclic amines) is 2. The maximum absolute atomic E-state index is 12.6. The van der Waals surface area contributed by atoms with Crippen LogP contribution in [0.3, 0.4) is 0 Å². The molecule has 2 N–H and O–H groups in total. The molecule has 0 aromatic carbocycles. The van der Waals surface area contributed by atoms with Crippen molar-refractivity contribution < 1.29 is 9.59 Å². The number of amides is 2. The number of hydrogen-bond acceptors (Lipinski definition) is 3. The van der Waals surface area contributed by atoms with Gasteiger partial charge < -0.3 is 10.6 Å². The van der Waals surface area contributed by atoms with Crippen LogP contribution in [0.25, 0.3) is 0 Å². The van der Waals surface area contributed by atoms with Gasteiger partial charge in [-0.3, -0.25) is 14.5 Å². The van der Waals surface area contributed by atoms with Crippen LogP contribution >= 0.6 is 0 Å². The summed E-state index contributed by atoms with van der Waals surface area (Å²) in [6, 6.07) is 0.493. The molecule has 4 rings (SSSR count). The minimum absolute atomic E-state index is 0.0508. The summed E-state index contributed by atoms with van der Waals surface area (Å²) in [4.78, 5) is 28.3. The predicted molar refractivity (Wildman–Crippen MR) is 82.7 cm³/mol. The van der Waals surface area contributed by atoms with Crippen molar-refractivity contribution in [1.82, 2.24) is 9.80 Å². The molecule has 2 aliphatic heterocycles. The highest BCUT2D eigenvalue weighted by Crippen LogP contribution is 2.44. The average Bonchev–Trinajstić information content (AvgIpc) is 3.08. The molecule has 0 radical (unpaired) electrons. The highest BCUT2D eigenvalue weighted by Gasteiger charge is 2.45. The number of allylic oxidation sites excluding steroid dienone is 2. The van der Waals surface area contributed by atoms with Gasteiger partial charge in [0.25, 0.3) is 0 Å². The molecule has 4 aliphatic rings. The van der Waals surface area contributed by atoms with Crippen LogP contribution in [0.15, 0.2) is 12.2 Å².